The summed E-state index contributed by atoms with van der Waals surface area (Å²) in [5.74, 6) is -0.908. The number of ether oxygens (including phenoxy) is 1. The first kappa shape index (κ1) is 27.4. The van der Waals surface area contributed by atoms with Crippen LogP contribution < -0.4 is 5.32 Å². The van der Waals surface area contributed by atoms with Crippen LogP contribution in [0.2, 0.25) is 5.02 Å². The van der Waals surface area contributed by atoms with Crippen molar-refractivity contribution in [3.63, 3.8) is 0 Å². The molecule has 1 aliphatic rings. The Labute approximate surface area is 229 Å². The maximum Gasteiger partial charge on any atom is 0.309 e. The summed E-state index contributed by atoms with van der Waals surface area (Å²) >= 11 is 6.10. The van der Waals surface area contributed by atoms with Crippen LogP contribution >= 0.6 is 11.6 Å². The number of rotatable bonds is 10. The molecule has 0 spiro atoms. The zero-order valence-electron chi connectivity index (χ0n) is 21.8. The molecule has 6 heteroatoms. The van der Waals surface area contributed by atoms with Gasteiger partial charge in [-0.25, -0.2) is 0 Å². The van der Waals surface area contributed by atoms with E-state index in [4.69, 9.17) is 16.3 Å². The van der Waals surface area contributed by atoms with Crippen molar-refractivity contribution in [3.8, 4) is 6.07 Å². The zero-order chi connectivity index (χ0) is 27.1. The Balaban J connectivity index is 1.60. The number of nitriles is 1. The molecule has 1 fully saturated rings. The van der Waals surface area contributed by atoms with Crippen molar-refractivity contribution < 1.29 is 14.3 Å². The fourth-order valence-corrected chi connectivity index (χ4v) is 4.98. The number of halogens is 1. The van der Waals surface area contributed by atoms with Gasteiger partial charge in [-0.15, -0.1) is 0 Å². The summed E-state index contributed by atoms with van der Waals surface area (Å²) in [6.45, 7) is 3.65. The van der Waals surface area contributed by atoms with E-state index in [-0.39, 0.29) is 36.2 Å². The molecule has 3 aromatic rings. The Hall–Kier alpha value is -3.62. The Kier molecular flexibility index (Phi) is 8.86. The first-order valence-electron chi connectivity index (χ1n) is 13.1. The number of amides is 1. The van der Waals surface area contributed by atoms with Gasteiger partial charge in [0.25, 0.3) is 5.91 Å². The van der Waals surface area contributed by atoms with E-state index in [2.05, 4.69) is 11.4 Å². The summed E-state index contributed by atoms with van der Waals surface area (Å²) in [4.78, 5) is 26.7. The average Bonchev–Trinajstić information content (AvgIpc) is 2.87. The minimum Gasteiger partial charge on any atom is -0.449 e. The lowest BCUT2D eigenvalue weighted by Crippen LogP contribution is -2.53. The van der Waals surface area contributed by atoms with Gasteiger partial charge < -0.3 is 10.1 Å². The molecule has 0 saturated heterocycles. The maximum atomic E-state index is 13.8. The second kappa shape index (κ2) is 12.3. The fraction of sp³-hybridized carbons (Fsp3) is 0.344. The molecule has 0 bridgehead atoms. The highest BCUT2D eigenvalue weighted by Gasteiger charge is 2.41. The molecule has 196 valence electrons. The Bertz CT molecular complexity index is 1300. The van der Waals surface area contributed by atoms with E-state index >= 15 is 0 Å². The summed E-state index contributed by atoms with van der Waals surface area (Å²) < 4.78 is 5.95. The second-order valence-electron chi connectivity index (χ2n) is 10.4. The minimum atomic E-state index is -1.36. The van der Waals surface area contributed by atoms with E-state index in [1.807, 2.05) is 79.7 Å². The molecule has 0 aliphatic heterocycles. The molecular weight excluding hydrogens is 496 g/mol. The quantitative estimate of drug-likeness (QED) is 0.309. The monoisotopic (exact) mass is 528 g/mol. The molecular formula is C32H33ClN2O3. The van der Waals surface area contributed by atoms with Gasteiger partial charge in [0.2, 0.25) is 0 Å². The standard InChI is InChI=1S/C32H33ClN2O3/c1-22(29(19-23-14-16-28(33)17-15-23)27-13-6-10-25(18-27)21-34)35-31(37)32(2,20-24-8-4-3-5-9-24)38-30(36)26-11-7-12-26/h3-6,8-10,13-18,22,26,29H,7,11-12,19-20H2,1-2H3,(H,35,37)/t22-,29+,32+/m0/s1. The smallest absolute Gasteiger partial charge is 0.309 e. The third-order valence-corrected chi connectivity index (χ3v) is 7.66. The summed E-state index contributed by atoms with van der Waals surface area (Å²) in [5, 5.41) is 13.3. The van der Waals surface area contributed by atoms with E-state index in [1.165, 1.54) is 0 Å². The number of carbonyl (C=O) groups excluding carboxylic acids is 2. The molecule has 3 aromatic carbocycles. The summed E-state index contributed by atoms with van der Waals surface area (Å²) in [5.41, 5.74) is 2.13. The highest BCUT2D eigenvalue weighted by atomic mass is 35.5. The van der Waals surface area contributed by atoms with Crippen molar-refractivity contribution >= 4 is 23.5 Å². The van der Waals surface area contributed by atoms with Gasteiger partial charge in [-0.1, -0.05) is 72.6 Å². The molecule has 0 unspecified atom stereocenters. The van der Waals surface area contributed by atoms with Crippen LogP contribution in [0.1, 0.15) is 61.3 Å². The van der Waals surface area contributed by atoms with E-state index < -0.39 is 5.60 Å². The number of benzene rings is 3. The van der Waals surface area contributed by atoms with Crippen LogP contribution in [0.5, 0.6) is 0 Å². The third-order valence-electron chi connectivity index (χ3n) is 7.40. The van der Waals surface area contributed by atoms with Crippen LogP contribution in [0.25, 0.3) is 0 Å². The first-order chi connectivity index (χ1) is 18.3. The number of hydrogen-bond acceptors (Lipinski definition) is 4. The summed E-state index contributed by atoms with van der Waals surface area (Å²) in [6, 6.07) is 26.6. The van der Waals surface area contributed by atoms with Crippen LogP contribution in [0.3, 0.4) is 0 Å². The lowest BCUT2D eigenvalue weighted by atomic mass is 9.84. The molecule has 1 aliphatic carbocycles. The third kappa shape index (κ3) is 6.82. The number of nitrogens with one attached hydrogen (secondary N) is 1. The Morgan fingerprint density at radius 1 is 1.05 bits per heavy atom. The van der Waals surface area contributed by atoms with E-state index in [0.717, 1.165) is 36.0 Å². The van der Waals surface area contributed by atoms with Gasteiger partial charge in [0.1, 0.15) is 0 Å². The lowest BCUT2D eigenvalue weighted by molar-refractivity contribution is -0.173. The highest BCUT2D eigenvalue weighted by molar-refractivity contribution is 6.30. The number of carbonyl (C=O) groups is 2. The maximum absolute atomic E-state index is 13.8. The highest BCUT2D eigenvalue weighted by Crippen LogP contribution is 2.31. The molecule has 3 atom stereocenters. The van der Waals surface area contributed by atoms with Crippen LogP contribution in [0, 0.1) is 17.2 Å². The van der Waals surface area contributed by atoms with Gasteiger partial charge in [-0.05, 0) is 74.1 Å². The van der Waals surface area contributed by atoms with Crippen LogP contribution in [0.15, 0.2) is 78.9 Å². The van der Waals surface area contributed by atoms with Crippen LogP contribution in [0.4, 0.5) is 0 Å². The molecule has 1 N–H and O–H groups in total. The van der Waals surface area contributed by atoms with E-state index in [0.29, 0.717) is 17.0 Å². The second-order valence-corrected chi connectivity index (χ2v) is 10.8. The molecule has 5 nitrogen and oxygen atoms in total. The SMILES string of the molecule is C[C@H](NC(=O)[C@@](C)(Cc1ccccc1)OC(=O)C1CCC1)[C@@H](Cc1ccc(Cl)cc1)c1cccc(C#N)c1. The summed E-state index contributed by atoms with van der Waals surface area (Å²) in [6.07, 6.45) is 3.52. The van der Waals surface area contributed by atoms with E-state index in [1.54, 1.807) is 13.0 Å². The lowest BCUT2D eigenvalue weighted by Gasteiger charge is -2.35. The van der Waals surface area contributed by atoms with Gasteiger partial charge in [-0.2, -0.15) is 5.26 Å². The zero-order valence-corrected chi connectivity index (χ0v) is 22.6. The van der Waals surface area contributed by atoms with Gasteiger partial charge in [-0.3, -0.25) is 9.59 Å². The molecule has 4 rings (SSSR count). The minimum absolute atomic E-state index is 0.128. The van der Waals surface area contributed by atoms with Gasteiger partial charge in [0, 0.05) is 23.4 Å². The van der Waals surface area contributed by atoms with E-state index in [9.17, 15) is 14.9 Å². The van der Waals surface area contributed by atoms with Crippen LogP contribution in [-0.2, 0) is 27.2 Å². The van der Waals surface area contributed by atoms with Crippen molar-refractivity contribution in [3.05, 3.63) is 106 Å². The van der Waals surface area contributed by atoms with Crippen molar-refractivity contribution in [1.82, 2.24) is 5.32 Å². The van der Waals surface area contributed by atoms with Crippen molar-refractivity contribution in [2.24, 2.45) is 5.92 Å². The topological polar surface area (TPSA) is 79.2 Å². The van der Waals surface area contributed by atoms with Crippen LogP contribution in [-0.4, -0.2) is 23.5 Å². The molecule has 38 heavy (non-hydrogen) atoms. The van der Waals surface area contributed by atoms with Gasteiger partial charge >= 0.3 is 5.97 Å². The Morgan fingerprint density at radius 3 is 2.39 bits per heavy atom. The van der Waals surface area contributed by atoms with Crippen molar-refractivity contribution in [1.29, 1.82) is 5.26 Å². The van der Waals surface area contributed by atoms with Gasteiger partial charge in [0.15, 0.2) is 5.60 Å². The molecule has 0 aromatic heterocycles. The molecule has 0 radical (unpaired) electrons. The first-order valence-corrected chi connectivity index (χ1v) is 13.5. The number of nitrogens with zero attached hydrogens (tertiary/aromatic N) is 1. The largest absolute Gasteiger partial charge is 0.449 e. The van der Waals surface area contributed by atoms with Crippen molar-refractivity contribution in [2.75, 3.05) is 0 Å². The number of esters is 1. The molecule has 1 amide bonds. The normalized spacial score (nSPS) is 16.3. The Morgan fingerprint density at radius 2 is 1.76 bits per heavy atom. The average molecular weight is 529 g/mol. The van der Waals surface area contributed by atoms with Gasteiger partial charge in [0.05, 0.1) is 17.6 Å². The molecule has 1 saturated carbocycles. The summed E-state index contributed by atoms with van der Waals surface area (Å²) in [7, 11) is 0. The number of hydrogen-bond donors (Lipinski definition) is 1. The van der Waals surface area contributed by atoms with Crippen molar-refractivity contribution in [2.45, 2.75) is 63.5 Å². The predicted molar refractivity (Wildman–Crippen MR) is 149 cm³/mol. The fourth-order valence-electron chi connectivity index (χ4n) is 4.85. The molecule has 0 heterocycles. The predicted octanol–water partition coefficient (Wildman–Crippen LogP) is 6.39.